The average Bonchev–Trinajstić information content (AvgIpc) is 3.52. The van der Waals surface area contributed by atoms with Crippen LogP contribution < -0.4 is 16.4 Å². The molecule has 1 heterocycles. The summed E-state index contributed by atoms with van der Waals surface area (Å²) < 4.78 is 4.55. The molecule has 0 bridgehead atoms. The maximum Gasteiger partial charge on any atom is 0.344 e. The van der Waals surface area contributed by atoms with E-state index in [2.05, 4.69) is 15.4 Å². The van der Waals surface area contributed by atoms with Gasteiger partial charge in [-0.2, -0.15) is 0 Å². The standard InChI is InChI=1S/C33H44N4O7/c1-20(2)28(29(39)33(43)44-27(38)19-34)36-31(41)26-13-8-16-37(26)32(42)25(17-21-9-4-3-5-10-21)35-30(40)24-15-14-22-11-6-7-12-23(22)18-24/h6-7,11-12,14-15,18,20-21,25-26,28-29,39H,3-5,8-10,13,16-17,19,34H2,1-2H3,(H,35,40)(H,36,41)/t25?,26-,28?,29?/m0/s1. The number of hydrogen-bond acceptors (Lipinski definition) is 8. The molecule has 4 rings (SSSR count). The van der Waals surface area contributed by atoms with E-state index in [0.29, 0.717) is 31.4 Å². The summed E-state index contributed by atoms with van der Waals surface area (Å²) in [5.74, 6) is -3.51. The van der Waals surface area contributed by atoms with Gasteiger partial charge in [0.1, 0.15) is 12.1 Å². The van der Waals surface area contributed by atoms with Crippen molar-refractivity contribution in [3.8, 4) is 0 Å². The first-order valence-corrected chi connectivity index (χ1v) is 15.6. The van der Waals surface area contributed by atoms with Gasteiger partial charge in [-0.3, -0.25) is 19.2 Å². The molecule has 4 atom stereocenters. The number of likely N-dealkylation sites (tertiary alicyclic amines) is 1. The lowest BCUT2D eigenvalue weighted by atomic mass is 9.84. The van der Waals surface area contributed by atoms with Crippen molar-refractivity contribution in [2.24, 2.45) is 17.6 Å². The van der Waals surface area contributed by atoms with Crippen LogP contribution in [0.15, 0.2) is 42.5 Å². The van der Waals surface area contributed by atoms with Crippen LogP contribution in [0.5, 0.6) is 0 Å². The van der Waals surface area contributed by atoms with Crippen LogP contribution in [0, 0.1) is 11.8 Å². The summed E-state index contributed by atoms with van der Waals surface area (Å²) in [5.41, 5.74) is 5.64. The molecule has 3 unspecified atom stereocenters. The van der Waals surface area contributed by atoms with Crippen LogP contribution in [-0.4, -0.2) is 77.0 Å². The minimum absolute atomic E-state index is 0.284. The number of benzene rings is 2. The van der Waals surface area contributed by atoms with Crippen molar-refractivity contribution in [2.75, 3.05) is 13.1 Å². The molecule has 238 valence electrons. The van der Waals surface area contributed by atoms with Gasteiger partial charge in [-0.1, -0.05) is 76.3 Å². The van der Waals surface area contributed by atoms with Crippen LogP contribution in [0.3, 0.4) is 0 Å². The number of nitrogens with zero attached hydrogens (tertiary/aromatic N) is 1. The fourth-order valence-corrected chi connectivity index (χ4v) is 6.28. The predicted octanol–water partition coefficient (Wildman–Crippen LogP) is 2.43. The Hall–Kier alpha value is -3.83. The Labute approximate surface area is 257 Å². The predicted molar refractivity (Wildman–Crippen MR) is 164 cm³/mol. The molecule has 5 N–H and O–H groups in total. The molecule has 0 spiro atoms. The summed E-state index contributed by atoms with van der Waals surface area (Å²) in [6.07, 6.45) is 4.94. The Bertz CT molecular complexity index is 1360. The van der Waals surface area contributed by atoms with Gasteiger partial charge < -0.3 is 31.1 Å². The van der Waals surface area contributed by atoms with Crippen LogP contribution in [0.4, 0.5) is 0 Å². The summed E-state index contributed by atoms with van der Waals surface area (Å²) in [6, 6.07) is 10.5. The van der Waals surface area contributed by atoms with Gasteiger partial charge in [0.25, 0.3) is 5.91 Å². The molecule has 11 nitrogen and oxygen atoms in total. The fraction of sp³-hybridized carbons (Fsp3) is 0.545. The third-order valence-corrected chi connectivity index (χ3v) is 8.74. The Morgan fingerprint density at radius 1 is 0.955 bits per heavy atom. The highest BCUT2D eigenvalue weighted by atomic mass is 16.6. The second-order valence-corrected chi connectivity index (χ2v) is 12.2. The molecule has 44 heavy (non-hydrogen) atoms. The van der Waals surface area contributed by atoms with Crippen molar-refractivity contribution in [3.05, 3.63) is 48.0 Å². The lowest BCUT2D eigenvalue weighted by Crippen LogP contribution is -2.58. The number of fused-ring (bicyclic) bond motifs is 1. The molecule has 1 aliphatic carbocycles. The maximum absolute atomic E-state index is 14.1. The first kappa shape index (κ1) is 33.1. The van der Waals surface area contributed by atoms with E-state index < -0.39 is 54.5 Å². The summed E-state index contributed by atoms with van der Waals surface area (Å²) in [7, 11) is 0. The maximum atomic E-state index is 14.1. The molecule has 1 saturated heterocycles. The summed E-state index contributed by atoms with van der Waals surface area (Å²) in [4.78, 5) is 66.3. The number of nitrogens with one attached hydrogen (secondary N) is 2. The number of carbonyl (C=O) groups excluding carboxylic acids is 5. The zero-order chi connectivity index (χ0) is 31.8. The number of nitrogens with two attached hydrogens (primary N) is 1. The molecule has 1 aliphatic heterocycles. The number of amides is 3. The Morgan fingerprint density at radius 3 is 2.34 bits per heavy atom. The SMILES string of the molecule is CC(C)C(NC(=O)[C@@H]1CCCN1C(=O)C(CC1CCCCC1)NC(=O)c1ccc2ccccc2c1)C(O)C(=O)OC(=O)CN. The molecular formula is C33H44N4O7. The van der Waals surface area contributed by atoms with Gasteiger partial charge in [-0.15, -0.1) is 0 Å². The highest BCUT2D eigenvalue weighted by molar-refractivity contribution is 6.01. The smallest absolute Gasteiger partial charge is 0.344 e. The second-order valence-electron chi connectivity index (χ2n) is 12.2. The van der Waals surface area contributed by atoms with Crippen molar-refractivity contribution in [2.45, 2.75) is 89.4 Å². The highest BCUT2D eigenvalue weighted by Gasteiger charge is 2.41. The van der Waals surface area contributed by atoms with Crippen molar-refractivity contribution in [1.29, 1.82) is 0 Å². The zero-order valence-electron chi connectivity index (χ0n) is 25.5. The molecule has 2 aromatic rings. The van der Waals surface area contributed by atoms with Crippen molar-refractivity contribution >= 4 is 40.4 Å². The highest BCUT2D eigenvalue weighted by Crippen LogP contribution is 2.29. The molecule has 2 fully saturated rings. The van der Waals surface area contributed by atoms with Crippen LogP contribution in [-0.2, 0) is 23.9 Å². The number of carbonyl (C=O) groups is 5. The number of esters is 2. The molecule has 2 aliphatic rings. The third kappa shape index (κ3) is 8.21. The number of hydrogen-bond donors (Lipinski definition) is 4. The lowest BCUT2D eigenvalue weighted by Gasteiger charge is -2.33. The van der Waals surface area contributed by atoms with Gasteiger partial charge >= 0.3 is 11.9 Å². The lowest BCUT2D eigenvalue weighted by molar-refractivity contribution is -0.166. The number of rotatable bonds is 11. The molecule has 0 aromatic heterocycles. The minimum Gasteiger partial charge on any atom is -0.390 e. The number of aliphatic hydroxyl groups is 1. The molecule has 11 heteroatoms. The van der Waals surface area contributed by atoms with E-state index in [9.17, 15) is 29.1 Å². The zero-order valence-corrected chi connectivity index (χ0v) is 25.5. The van der Waals surface area contributed by atoms with Gasteiger partial charge in [-0.25, -0.2) is 4.79 Å². The molecule has 1 saturated carbocycles. The second kappa shape index (κ2) is 15.3. The van der Waals surface area contributed by atoms with Crippen LogP contribution in [0.25, 0.3) is 10.8 Å². The molecule has 0 radical (unpaired) electrons. The van der Waals surface area contributed by atoms with Crippen LogP contribution >= 0.6 is 0 Å². The summed E-state index contributed by atoms with van der Waals surface area (Å²) >= 11 is 0. The molecule has 3 amide bonds. The fourth-order valence-electron chi connectivity index (χ4n) is 6.28. The van der Waals surface area contributed by atoms with E-state index in [4.69, 9.17) is 5.73 Å². The largest absolute Gasteiger partial charge is 0.390 e. The van der Waals surface area contributed by atoms with Gasteiger partial charge in [0.2, 0.25) is 11.8 Å². The Kier molecular flexibility index (Phi) is 11.5. The van der Waals surface area contributed by atoms with Crippen LogP contribution in [0.1, 0.15) is 75.6 Å². The van der Waals surface area contributed by atoms with Gasteiger partial charge in [0, 0.05) is 12.1 Å². The van der Waals surface area contributed by atoms with E-state index in [0.717, 1.165) is 42.9 Å². The monoisotopic (exact) mass is 608 g/mol. The van der Waals surface area contributed by atoms with E-state index in [1.54, 1.807) is 19.9 Å². The first-order chi connectivity index (χ1) is 21.1. The Morgan fingerprint density at radius 2 is 1.66 bits per heavy atom. The van der Waals surface area contributed by atoms with Crippen molar-refractivity contribution in [3.63, 3.8) is 0 Å². The van der Waals surface area contributed by atoms with Gasteiger partial charge in [-0.05, 0) is 54.0 Å². The van der Waals surface area contributed by atoms with E-state index in [-0.39, 0.29) is 17.7 Å². The van der Waals surface area contributed by atoms with E-state index >= 15 is 0 Å². The van der Waals surface area contributed by atoms with Crippen LogP contribution in [0.2, 0.25) is 0 Å². The first-order valence-electron chi connectivity index (χ1n) is 15.6. The van der Waals surface area contributed by atoms with Crippen molar-refractivity contribution < 1.29 is 33.8 Å². The normalized spacial score (nSPS) is 19.3. The summed E-state index contributed by atoms with van der Waals surface area (Å²) in [6.45, 7) is 3.21. The third-order valence-electron chi connectivity index (χ3n) is 8.74. The topological polar surface area (TPSA) is 168 Å². The summed E-state index contributed by atoms with van der Waals surface area (Å²) in [5, 5.41) is 18.2. The minimum atomic E-state index is -1.81. The van der Waals surface area contributed by atoms with Gasteiger partial charge in [0.05, 0.1) is 12.6 Å². The quantitative estimate of drug-likeness (QED) is 0.223. The Balaban J connectivity index is 1.50. The molecule has 2 aromatic carbocycles. The molecular weight excluding hydrogens is 564 g/mol. The van der Waals surface area contributed by atoms with Crippen molar-refractivity contribution in [1.82, 2.24) is 15.5 Å². The number of ether oxygens (including phenoxy) is 1. The average molecular weight is 609 g/mol. The van der Waals surface area contributed by atoms with E-state index in [1.807, 2.05) is 36.4 Å². The van der Waals surface area contributed by atoms with Gasteiger partial charge in [0.15, 0.2) is 6.10 Å². The van der Waals surface area contributed by atoms with E-state index in [1.165, 1.54) is 4.90 Å². The number of aliphatic hydroxyl groups excluding tert-OH is 1.